The summed E-state index contributed by atoms with van der Waals surface area (Å²) in [6, 6.07) is 5.74. The van der Waals surface area contributed by atoms with E-state index in [0.717, 1.165) is 15.6 Å². The van der Waals surface area contributed by atoms with E-state index in [4.69, 9.17) is 0 Å². The van der Waals surface area contributed by atoms with Crippen molar-refractivity contribution in [1.29, 1.82) is 0 Å². The molecule has 15 heavy (non-hydrogen) atoms. The summed E-state index contributed by atoms with van der Waals surface area (Å²) in [6.45, 7) is 8.35. The van der Waals surface area contributed by atoms with Gasteiger partial charge in [0.05, 0.1) is 0 Å². The van der Waals surface area contributed by atoms with Crippen LogP contribution in [0.4, 0.5) is 4.39 Å². The van der Waals surface area contributed by atoms with Gasteiger partial charge in [-0.3, -0.25) is 0 Å². The van der Waals surface area contributed by atoms with Crippen LogP contribution in [0.1, 0.15) is 31.2 Å². The molecule has 0 aliphatic carbocycles. The van der Waals surface area contributed by atoms with Gasteiger partial charge in [0, 0.05) is 9.58 Å². The summed E-state index contributed by atoms with van der Waals surface area (Å²) < 4.78 is 14.4. The predicted molar refractivity (Wildman–Crippen MR) is 65.2 cm³/mol. The number of hydrogen-bond acceptors (Lipinski definition) is 1. The molecule has 80 valence electrons. The van der Waals surface area contributed by atoms with Crippen molar-refractivity contribution in [2.75, 3.05) is 0 Å². The lowest BCUT2D eigenvalue weighted by molar-refractivity contribution is 0.604. The lowest BCUT2D eigenvalue weighted by Gasteiger charge is -2.14. The highest BCUT2D eigenvalue weighted by Crippen LogP contribution is 2.35. The van der Waals surface area contributed by atoms with E-state index >= 15 is 0 Å². The molecule has 0 nitrogen and oxygen atoms in total. The first kappa shape index (κ1) is 10.6. The minimum atomic E-state index is -0.107. The Kier molecular flexibility index (Phi) is 2.34. The molecule has 1 aromatic heterocycles. The van der Waals surface area contributed by atoms with E-state index in [1.165, 1.54) is 4.88 Å². The van der Waals surface area contributed by atoms with Gasteiger partial charge in [0.15, 0.2) is 0 Å². The number of thiophene rings is 1. The smallest absolute Gasteiger partial charge is 0.127 e. The van der Waals surface area contributed by atoms with Crippen LogP contribution >= 0.6 is 11.3 Å². The normalized spacial score (nSPS) is 12.3. The highest BCUT2D eigenvalue weighted by atomic mass is 32.1. The van der Waals surface area contributed by atoms with Gasteiger partial charge < -0.3 is 0 Å². The summed E-state index contributed by atoms with van der Waals surface area (Å²) in [7, 11) is 0. The first-order chi connectivity index (χ1) is 6.88. The SMILES string of the molecule is Cc1cc2cc(C(C)(C)C)sc2cc1F. The molecule has 0 saturated heterocycles. The van der Waals surface area contributed by atoms with Crippen LogP contribution < -0.4 is 0 Å². The van der Waals surface area contributed by atoms with Gasteiger partial charge in [-0.1, -0.05) is 20.8 Å². The largest absolute Gasteiger partial charge is 0.207 e. The number of benzene rings is 1. The number of halogens is 1. The van der Waals surface area contributed by atoms with Crippen LogP contribution in [0.3, 0.4) is 0 Å². The molecule has 0 atom stereocenters. The Morgan fingerprint density at radius 2 is 1.80 bits per heavy atom. The molecule has 0 radical (unpaired) electrons. The topological polar surface area (TPSA) is 0 Å². The second kappa shape index (κ2) is 3.31. The minimum absolute atomic E-state index is 0.107. The third kappa shape index (κ3) is 1.91. The highest BCUT2D eigenvalue weighted by Gasteiger charge is 2.17. The fourth-order valence-corrected chi connectivity index (χ4v) is 2.67. The zero-order chi connectivity index (χ0) is 11.2. The van der Waals surface area contributed by atoms with Crippen LogP contribution in [-0.4, -0.2) is 0 Å². The molecule has 0 spiro atoms. The summed E-state index contributed by atoms with van der Waals surface area (Å²) in [5.74, 6) is -0.107. The van der Waals surface area contributed by atoms with E-state index in [1.807, 2.05) is 13.0 Å². The molecule has 2 rings (SSSR count). The van der Waals surface area contributed by atoms with Gasteiger partial charge in [0.25, 0.3) is 0 Å². The molecule has 1 aromatic carbocycles. The van der Waals surface area contributed by atoms with Crippen molar-refractivity contribution in [3.05, 3.63) is 34.5 Å². The second-order valence-corrected chi connectivity index (χ2v) is 6.08. The Bertz CT molecular complexity index is 464. The molecule has 0 N–H and O–H groups in total. The number of fused-ring (bicyclic) bond motifs is 1. The van der Waals surface area contributed by atoms with E-state index in [0.29, 0.717) is 0 Å². The fourth-order valence-electron chi connectivity index (χ4n) is 1.55. The van der Waals surface area contributed by atoms with Crippen molar-refractivity contribution in [3.8, 4) is 0 Å². The van der Waals surface area contributed by atoms with E-state index in [-0.39, 0.29) is 11.2 Å². The lowest BCUT2D eigenvalue weighted by atomic mass is 9.94. The standard InChI is InChI=1S/C13H15FS/c1-8-5-9-6-12(13(2,3)4)15-11(9)7-10(8)14/h5-7H,1-4H3. The van der Waals surface area contributed by atoms with E-state index in [1.54, 1.807) is 17.4 Å². The average molecular weight is 222 g/mol. The van der Waals surface area contributed by atoms with Crippen LogP contribution in [0.2, 0.25) is 0 Å². The molecule has 1 heterocycles. The first-order valence-electron chi connectivity index (χ1n) is 5.08. The number of rotatable bonds is 0. The number of aryl methyl sites for hydroxylation is 1. The molecular formula is C13H15FS. The van der Waals surface area contributed by atoms with E-state index in [9.17, 15) is 4.39 Å². The van der Waals surface area contributed by atoms with Crippen molar-refractivity contribution in [1.82, 2.24) is 0 Å². The van der Waals surface area contributed by atoms with Crippen LogP contribution in [-0.2, 0) is 5.41 Å². The van der Waals surface area contributed by atoms with Gasteiger partial charge in [-0.15, -0.1) is 11.3 Å². The quantitative estimate of drug-likeness (QED) is 0.609. The predicted octanol–water partition coefficient (Wildman–Crippen LogP) is 4.65. The molecule has 0 aliphatic rings. The van der Waals surface area contributed by atoms with Gasteiger partial charge in [0.1, 0.15) is 5.82 Å². The highest BCUT2D eigenvalue weighted by molar-refractivity contribution is 7.19. The van der Waals surface area contributed by atoms with E-state index in [2.05, 4.69) is 26.8 Å². The number of hydrogen-bond donors (Lipinski definition) is 0. The van der Waals surface area contributed by atoms with Crippen molar-refractivity contribution in [2.24, 2.45) is 0 Å². The fraction of sp³-hybridized carbons (Fsp3) is 0.385. The minimum Gasteiger partial charge on any atom is -0.207 e. The summed E-state index contributed by atoms with van der Waals surface area (Å²) >= 11 is 1.69. The zero-order valence-corrected chi connectivity index (χ0v) is 10.3. The van der Waals surface area contributed by atoms with Crippen molar-refractivity contribution >= 4 is 21.4 Å². The lowest BCUT2D eigenvalue weighted by Crippen LogP contribution is -2.07. The van der Waals surface area contributed by atoms with Crippen LogP contribution in [0, 0.1) is 12.7 Å². The summed E-state index contributed by atoms with van der Waals surface area (Å²) in [4.78, 5) is 1.31. The monoisotopic (exact) mass is 222 g/mol. The third-order valence-corrected chi connectivity index (χ3v) is 4.06. The molecule has 0 bridgehead atoms. The van der Waals surface area contributed by atoms with Crippen molar-refractivity contribution < 1.29 is 4.39 Å². The Balaban J connectivity index is 2.66. The first-order valence-corrected chi connectivity index (χ1v) is 5.90. The van der Waals surface area contributed by atoms with Gasteiger partial charge in [0.2, 0.25) is 0 Å². The molecule has 2 aromatic rings. The summed E-state index contributed by atoms with van der Waals surface area (Å²) in [5.41, 5.74) is 0.870. The van der Waals surface area contributed by atoms with E-state index < -0.39 is 0 Å². The Morgan fingerprint density at radius 1 is 1.13 bits per heavy atom. The van der Waals surface area contributed by atoms with Crippen LogP contribution in [0.25, 0.3) is 10.1 Å². The molecule has 0 aliphatic heterocycles. The maximum Gasteiger partial charge on any atom is 0.127 e. The maximum absolute atomic E-state index is 13.4. The molecular weight excluding hydrogens is 207 g/mol. The van der Waals surface area contributed by atoms with Gasteiger partial charge >= 0.3 is 0 Å². The van der Waals surface area contributed by atoms with Gasteiger partial charge in [-0.2, -0.15) is 0 Å². The van der Waals surface area contributed by atoms with Crippen LogP contribution in [0.15, 0.2) is 18.2 Å². The Labute approximate surface area is 93.7 Å². The van der Waals surface area contributed by atoms with Gasteiger partial charge in [-0.25, -0.2) is 4.39 Å². The second-order valence-electron chi connectivity index (χ2n) is 5.00. The molecule has 0 saturated carbocycles. The Morgan fingerprint density at radius 3 is 2.40 bits per heavy atom. The van der Waals surface area contributed by atoms with Crippen LogP contribution in [0.5, 0.6) is 0 Å². The molecule has 0 unspecified atom stereocenters. The van der Waals surface area contributed by atoms with Crippen molar-refractivity contribution in [2.45, 2.75) is 33.1 Å². The zero-order valence-electron chi connectivity index (χ0n) is 9.52. The average Bonchev–Trinajstić information content (AvgIpc) is 2.47. The molecule has 2 heteroatoms. The summed E-state index contributed by atoms with van der Waals surface area (Å²) in [6.07, 6.45) is 0. The van der Waals surface area contributed by atoms with Crippen molar-refractivity contribution in [3.63, 3.8) is 0 Å². The third-order valence-electron chi connectivity index (χ3n) is 2.54. The molecule has 0 fully saturated rings. The maximum atomic E-state index is 13.4. The Hall–Kier alpha value is -0.890. The molecule has 0 amide bonds. The summed E-state index contributed by atoms with van der Waals surface area (Å²) in [5, 5.41) is 1.16. The van der Waals surface area contributed by atoms with Gasteiger partial charge in [-0.05, 0) is 41.5 Å².